The summed E-state index contributed by atoms with van der Waals surface area (Å²) in [6.45, 7) is 7.42. The highest BCUT2D eigenvalue weighted by molar-refractivity contribution is 14.0. The van der Waals surface area contributed by atoms with Gasteiger partial charge in [-0.1, -0.05) is 32.0 Å². The summed E-state index contributed by atoms with van der Waals surface area (Å²) in [5, 5.41) is 6.99. The van der Waals surface area contributed by atoms with Crippen molar-refractivity contribution in [3.8, 4) is 5.75 Å². The third-order valence-corrected chi connectivity index (χ3v) is 4.70. The van der Waals surface area contributed by atoms with E-state index in [1.807, 2.05) is 18.2 Å². The fourth-order valence-electron chi connectivity index (χ4n) is 2.97. The van der Waals surface area contributed by atoms with Gasteiger partial charge in [0.2, 0.25) is 5.91 Å². The molecule has 1 heterocycles. The number of hydrogen-bond acceptors (Lipinski definition) is 3. The topological polar surface area (TPSA) is 66.0 Å². The Morgan fingerprint density at radius 2 is 1.96 bits per heavy atom. The van der Waals surface area contributed by atoms with Gasteiger partial charge in [0.15, 0.2) is 5.96 Å². The van der Waals surface area contributed by atoms with E-state index in [1.54, 1.807) is 19.0 Å². The van der Waals surface area contributed by atoms with Crippen molar-refractivity contribution in [1.29, 1.82) is 0 Å². The molecule has 158 valence electrons. The molecule has 1 amide bonds. The summed E-state index contributed by atoms with van der Waals surface area (Å²) in [6, 6.07) is 8.48. The average Bonchev–Trinajstić information content (AvgIpc) is 2.64. The predicted octanol–water partition coefficient (Wildman–Crippen LogP) is 3.58. The standard InChI is InChI=1S/C21H34N4O2.HI/c1-15(2)10-11-16(3)23-21(22-14-20(26)25(4)5)24-18-12-13-27-19-9-7-6-8-17(18)19;/h6-9,15-16,18H,10-14H2,1-5H3,(H2,22,23,24);1H. The molecule has 0 aliphatic carbocycles. The minimum absolute atomic E-state index is 0. The number of para-hydroxylation sites is 1. The molecule has 0 radical (unpaired) electrons. The number of rotatable bonds is 7. The summed E-state index contributed by atoms with van der Waals surface area (Å²) in [4.78, 5) is 18.1. The van der Waals surface area contributed by atoms with E-state index in [0.717, 1.165) is 30.6 Å². The fourth-order valence-corrected chi connectivity index (χ4v) is 2.97. The largest absolute Gasteiger partial charge is 0.493 e. The van der Waals surface area contributed by atoms with Crippen LogP contribution in [0.1, 0.15) is 51.6 Å². The number of likely N-dealkylation sites (N-methyl/N-ethyl adjacent to an activating group) is 1. The monoisotopic (exact) mass is 502 g/mol. The van der Waals surface area contributed by atoms with Gasteiger partial charge in [0.05, 0.1) is 12.6 Å². The number of nitrogens with zero attached hydrogens (tertiary/aromatic N) is 2. The van der Waals surface area contributed by atoms with Crippen molar-refractivity contribution in [2.24, 2.45) is 10.9 Å². The molecule has 7 heteroatoms. The number of guanidine groups is 1. The zero-order valence-corrected chi connectivity index (χ0v) is 20.0. The second-order valence-electron chi connectivity index (χ2n) is 7.84. The molecule has 0 aromatic heterocycles. The third-order valence-electron chi connectivity index (χ3n) is 4.70. The van der Waals surface area contributed by atoms with E-state index in [-0.39, 0.29) is 48.5 Å². The van der Waals surface area contributed by atoms with Gasteiger partial charge in [-0.3, -0.25) is 4.79 Å². The minimum Gasteiger partial charge on any atom is -0.493 e. The van der Waals surface area contributed by atoms with Crippen molar-refractivity contribution < 1.29 is 9.53 Å². The highest BCUT2D eigenvalue weighted by Gasteiger charge is 2.22. The number of halogens is 1. The van der Waals surface area contributed by atoms with Gasteiger partial charge in [0, 0.05) is 32.1 Å². The van der Waals surface area contributed by atoms with Crippen molar-refractivity contribution in [2.45, 2.75) is 52.1 Å². The maximum atomic E-state index is 12.0. The van der Waals surface area contributed by atoms with Crippen LogP contribution in [0, 0.1) is 5.92 Å². The molecule has 0 saturated heterocycles. The van der Waals surface area contributed by atoms with Gasteiger partial charge in [-0.05, 0) is 31.7 Å². The Labute approximate surface area is 186 Å². The molecule has 2 N–H and O–H groups in total. The van der Waals surface area contributed by atoms with E-state index in [9.17, 15) is 4.79 Å². The lowest BCUT2D eigenvalue weighted by atomic mass is 10.0. The van der Waals surface area contributed by atoms with Crippen LogP contribution in [-0.4, -0.2) is 50.1 Å². The summed E-state index contributed by atoms with van der Waals surface area (Å²) in [6.07, 6.45) is 3.07. The average molecular weight is 502 g/mol. The molecule has 2 unspecified atom stereocenters. The quantitative estimate of drug-likeness (QED) is 0.340. The molecule has 2 rings (SSSR count). The van der Waals surface area contributed by atoms with Crippen molar-refractivity contribution in [2.75, 3.05) is 27.2 Å². The molecule has 1 aromatic carbocycles. The maximum Gasteiger partial charge on any atom is 0.243 e. The SMILES string of the molecule is CC(C)CCC(C)NC(=NCC(=O)N(C)C)NC1CCOc2ccccc21.I. The van der Waals surface area contributed by atoms with E-state index in [2.05, 4.69) is 42.5 Å². The molecular weight excluding hydrogens is 467 g/mol. The molecule has 2 atom stereocenters. The van der Waals surface area contributed by atoms with Crippen LogP contribution < -0.4 is 15.4 Å². The molecule has 0 saturated carbocycles. The van der Waals surface area contributed by atoms with E-state index in [0.29, 0.717) is 18.5 Å². The Hall–Kier alpha value is -1.51. The molecule has 0 bridgehead atoms. The summed E-state index contributed by atoms with van der Waals surface area (Å²) in [7, 11) is 3.50. The number of amides is 1. The summed E-state index contributed by atoms with van der Waals surface area (Å²) in [5.41, 5.74) is 1.13. The van der Waals surface area contributed by atoms with Gasteiger partial charge in [-0.25, -0.2) is 4.99 Å². The van der Waals surface area contributed by atoms with Gasteiger partial charge >= 0.3 is 0 Å². The fraction of sp³-hybridized carbons (Fsp3) is 0.619. The number of hydrogen-bond donors (Lipinski definition) is 2. The highest BCUT2D eigenvalue weighted by Crippen LogP contribution is 2.31. The summed E-state index contributed by atoms with van der Waals surface area (Å²) < 4.78 is 5.75. The Balaban J connectivity index is 0.00000392. The first-order valence-electron chi connectivity index (χ1n) is 9.86. The molecule has 1 aliphatic heterocycles. The second kappa shape index (κ2) is 12.1. The van der Waals surface area contributed by atoms with E-state index in [1.165, 1.54) is 0 Å². The zero-order chi connectivity index (χ0) is 19.8. The molecular formula is C21H35IN4O2. The Bertz CT molecular complexity index is 649. The summed E-state index contributed by atoms with van der Waals surface area (Å²) >= 11 is 0. The number of aliphatic imine (C=N–C) groups is 1. The van der Waals surface area contributed by atoms with Crippen LogP contribution in [0.2, 0.25) is 0 Å². The van der Waals surface area contributed by atoms with Crippen LogP contribution in [-0.2, 0) is 4.79 Å². The van der Waals surface area contributed by atoms with Crippen molar-refractivity contribution in [1.82, 2.24) is 15.5 Å². The van der Waals surface area contributed by atoms with E-state index in [4.69, 9.17) is 4.74 Å². The van der Waals surface area contributed by atoms with Crippen LogP contribution in [0.5, 0.6) is 5.75 Å². The number of nitrogens with one attached hydrogen (secondary N) is 2. The minimum atomic E-state index is -0.0155. The van der Waals surface area contributed by atoms with Gasteiger partial charge in [-0.15, -0.1) is 24.0 Å². The number of ether oxygens (including phenoxy) is 1. The Morgan fingerprint density at radius 3 is 2.64 bits per heavy atom. The normalized spacial score (nSPS) is 17.1. The smallest absolute Gasteiger partial charge is 0.243 e. The first kappa shape index (κ1) is 24.5. The molecule has 1 aromatic rings. The Morgan fingerprint density at radius 1 is 1.25 bits per heavy atom. The number of fused-ring (bicyclic) bond motifs is 1. The first-order valence-corrected chi connectivity index (χ1v) is 9.86. The van der Waals surface area contributed by atoms with Gasteiger partial charge in [0.25, 0.3) is 0 Å². The van der Waals surface area contributed by atoms with Crippen molar-refractivity contribution >= 4 is 35.8 Å². The lowest BCUT2D eigenvalue weighted by Gasteiger charge is -2.29. The molecule has 28 heavy (non-hydrogen) atoms. The molecule has 6 nitrogen and oxygen atoms in total. The number of benzene rings is 1. The molecule has 1 aliphatic rings. The maximum absolute atomic E-state index is 12.0. The van der Waals surface area contributed by atoms with Gasteiger partial charge in [-0.2, -0.15) is 0 Å². The third kappa shape index (κ3) is 7.85. The van der Waals surface area contributed by atoms with Crippen molar-refractivity contribution in [3.63, 3.8) is 0 Å². The van der Waals surface area contributed by atoms with Gasteiger partial charge in [0.1, 0.15) is 12.3 Å². The summed E-state index contributed by atoms with van der Waals surface area (Å²) in [5.74, 6) is 2.25. The second-order valence-corrected chi connectivity index (χ2v) is 7.84. The van der Waals surface area contributed by atoms with Crippen LogP contribution in [0.25, 0.3) is 0 Å². The molecule has 0 fully saturated rings. The first-order chi connectivity index (χ1) is 12.9. The highest BCUT2D eigenvalue weighted by atomic mass is 127. The number of carbonyl (C=O) groups excluding carboxylic acids is 1. The lowest BCUT2D eigenvalue weighted by Crippen LogP contribution is -2.45. The zero-order valence-electron chi connectivity index (χ0n) is 17.7. The van der Waals surface area contributed by atoms with Crippen LogP contribution in [0.3, 0.4) is 0 Å². The lowest BCUT2D eigenvalue weighted by molar-refractivity contribution is -0.127. The van der Waals surface area contributed by atoms with Crippen molar-refractivity contribution in [3.05, 3.63) is 29.8 Å². The predicted molar refractivity (Wildman–Crippen MR) is 126 cm³/mol. The van der Waals surface area contributed by atoms with E-state index >= 15 is 0 Å². The van der Waals surface area contributed by atoms with Gasteiger partial charge < -0.3 is 20.3 Å². The van der Waals surface area contributed by atoms with Crippen LogP contribution in [0.4, 0.5) is 0 Å². The molecule has 0 spiro atoms. The van der Waals surface area contributed by atoms with Crippen LogP contribution >= 0.6 is 24.0 Å². The van der Waals surface area contributed by atoms with Crippen LogP contribution in [0.15, 0.2) is 29.3 Å². The Kier molecular flexibility index (Phi) is 10.6. The number of carbonyl (C=O) groups is 1. The van der Waals surface area contributed by atoms with E-state index < -0.39 is 0 Å².